The summed E-state index contributed by atoms with van der Waals surface area (Å²) < 4.78 is 10.8. The molecule has 1 aliphatic rings. The van der Waals surface area contributed by atoms with E-state index in [0.717, 1.165) is 49.9 Å². The van der Waals surface area contributed by atoms with Crippen molar-refractivity contribution in [1.29, 1.82) is 0 Å². The van der Waals surface area contributed by atoms with Crippen LogP contribution in [0, 0.1) is 0 Å². The molecule has 2 rings (SSSR count). The summed E-state index contributed by atoms with van der Waals surface area (Å²) in [7, 11) is 1.65. The van der Waals surface area contributed by atoms with E-state index in [1.807, 2.05) is 24.3 Å². The molecule has 1 aliphatic heterocycles. The molecule has 112 valence electrons. The van der Waals surface area contributed by atoms with Crippen LogP contribution in [-0.2, 0) is 0 Å². The van der Waals surface area contributed by atoms with E-state index in [1.165, 1.54) is 0 Å². The molecule has 20 heavy (non-hydrogen) atoms. The summed E-state index contributed by atoms with van der Waals surface area (Å²) in [6.45, 7) is 3.45. The minimum absolute atomic E-state index is 0. The standard InChI is InChI=1S/C14H21N3O2.HI/c1-18-12-5-2-6-13(11-12)19-10-4-9-17-14-15-7-3-8-16-14;/h2,5-6,11H,3-4,7-10H2,1H3,(H2,15,16,17);1H. The van der Waals surface area contributed by atoms with Crippen LogP contribution in [0.15, 0.2) is 29.3 Å². The zero-order valence-electron chi connectivity index (χ0n) is 11.7. The highest BCUT2D eigenvalue weighted by atomic mass is 127. The van der Waals surface area contributed by atoms with Gasteiger partial charge in [0.25, 0.3) is 0 Å². The van der Waals surface area contributed by atoms with Crippen LogP contribution in [0.3, 0.4) is 0 Å². The van der Waals surface area contributed by atoms with Gasteiger partial charge in [-0.3, -0.25) is 4.99 Å². The number of benzene rings is 1. The Hall–Kier alpha value is -1.18. The van der Waals surface area contributed by atoms with Crippen molar-refractivity contribution >= 4 is 29.9 Å². The Bertz CT molecular complexity index is 427. The number of rotatable bonds is 6. The largest absolute Gasteiger partial charge is 0.497 e. The molecule has 5 nitrogen and oxygen atoms in total. The lowest BCUT2D eigenvalue weighted by Crippen LogP contribution is -2.41. The minimum atomic E-state index is 0. The van der Waals surface area contributed by atoms with E-state index in [-0.39, 0.29) is 24.0 Å². The maximum atomic E-state index is 5.66. The quantitative estimate of drug-likeness (QED) is 0.576. The molecule has 1 aromatic rings. The molecule has 0 aliphatic carbocycles. The third-order valence-electron chi connectivity index (χ3n) is 2.82. The van der Waals surface area contributed by atoms with Crippen LogP contribution >= 0.6 is 24.0 Å². The molecular weight excluding hydrogens is 369 g/mol. The monoisotopic (exact) mass is 391 g/mol. The van der Waals surface area contributed by atoms with E-state index < -0.39 is 0 Å². The van der Waals surface area contributed by atoms with Gasteiger partial charge in [0.15, 0.2) is 5.96 Å². The van der Waals surface area contributed by atoms with Crippen molar-refractivity contribution in [1.82, 2.24) is 10.6 Å². The van der Waals surface area contributed by atoms with Crippen molar-refractivity contribution in [2.45, 2.75) is 12.8 Å². The molecule has 0 spiro atoms. The molecule has 0 saturated carbocycles. The molecule has 1 heterocycles. The zero-order valence-corrected chi connectivity index (χ0v) is 14.1. The van der Waals surface area contributed by atoms with Crippen LogP contribution in [0.25, 0.3) is 0 Å². The predicted molar refractivity (Wildman–Crippen MR) is 91.4 cm³/mol. The lowest BCUT2D eigenvalue weighted by atomic mass is 10.3. The van der Waals surface area contributed by atoms with E-state index >= 15 is 0 Å². The van der Waals surface area contributed by atoms with Crippen LogP contribution < -0.4 is 20.1 Å². The number of hydrogen-bond donors (Lipinski definition) is 2. The zero-order chi connectivity index (χ0) is 13.3. The third-order valence-corrected chi connectivity index (χ3v) is 2.82. The van der Waals surface area contributed by atoms with E-state index in [0.29, 0.717) is 6.61 Å². The molecule has 2 N–H and O–H groups in total. The van der Waals surface area contributed by atoms with Gasteiger partial charge in [0.05, 0.1) is 13.7 Å². The molecule has 0 radical (unpaired) electrons. The van der Waals surface area contributed by atoms with Crippen molar-refractivity contribution in [3.05, 3.63) is 24.3 Å². The number of ether oxygens (including phenoxy) is 2. The van der Waals surface area contributed by atoms with Crippen molar-refractivity contribution in [2.24, 2.45) is 4.99 Å². The minimum Gasteiger partial charge on any atom is -0.497 e. The van der Waals surface area contributed by atoms with Gasteiger partial charge in [-0.2, -0.15) is 0 Å². The van der Waals surface area contributed by atoms with Gasteiger partial charge in [0.1, 0.15) is 11.5 Å². The molecule has 0 fully saturated rings. The van der Waals surface area contributed by atoms with Crippen LogP contribution in [0.5, 0.6) is 11.5 Å². The van der Waals surface area contributed by atoms with E-state index in [4.69, 9.17) is 9.47 Å². The SMILES string of the molecule is COc1cccc(OCCCNC2=NCCCN2)c1.I. The van der Waals surface area contributed by atoms with Crippen LogP contribution in [0.4, 0.5) is 0 Å². The maximum absolute atomic E-state index is 5.66. The molecule has 0 aromatic heterocycles. The molecule has 0 atom stereocenters. The average Bonchev–Trinajstić information content (AvgIpc) is 2.48. The summed E-state index contributed by atoms with van der Waals surface area (Å²) in [6.07, 6.45) is 2.04. The van der Waals surface area contributed by atoms with Crippen molar-refractivity contribution in [3.63, 3.8) is 0 Å². The van der Waals surface area contributed by atoms with E-state index in [2.05, 4.69) is 15.6 Å². The fourth-order valence-corrected chi connectivity index (χ4v) is 1.81. The lowest BCUT2D eigenvalue weighted by Gasteiger charge is -2.16. The molecule has 1 aromatic carbocycles. The van der Waals surface area contributed by atoms with Gasteiger partial charge in [-0.25, -0.2) is 0 Å². The Morgan fingerprint density at radius 1 is 1.35 bits per heavy atom. The van der Waals surface area contributed by atoms with E-state index in [9.17, 15) is 0 Å². The van der Waals surface area contributed by atoms with E-state index in [1.54, 1.807) is 7.11 Å². The van der Waals surface area contributed by atoms with Gasteiger partial charge in [-0.05, 0) is 25.0 Å². The van der Waals surface area contributed by atoms with Crippen LogP contribution in [0.1, 0.15) is 12.8 Å². The first-order valence-corrected chi connectivity index (χ1v) is 6.67. The Morgan fingerprint density at radius 3 is 2.95 bits per heavy atom. The summed E-state index contributed by atoms with van der Waals surface area (Å²) in [5, 5.41) is 6.49. The second-order valence-corrected chi connectivity index (χ2v) is 4.32. The smallest absolute Gasteiger partial charge is 0.191 e. The first-order chi connectivity index (χ1) is 9.38. The summed E-state index contributed by atoms with van der Waals surface area (Å²) in [5.41, 5.74) is 0. The van der Waals surface area contributed by atoms with Crippen molar-refractivity contribution in [3.8, 4) is 11.5 Å². The number of nitrogens with one attached hydrogen (secondary N) is 2. The van der Waals surface area contributed by atoms with Crippen LogP contribution in [0.2, 0.25) is 0 Å². The molecule has 0 unspecified atom stereocenters. The number of aliphatic imine (C=N–C) groups is 1. The predicted octanol–water partition coefficient (Wildman–Crippen LogP) is 2.02. The van der Waals surface area contributed by atoms with Gasteiger partial charge < -0.3 is 20.1 Å². The van der Waals surface area contributed by atoms with Gasteiger partial charge in [0.2, 0.25) is 0 Å². The molecule has 0 bridgehead atoms. The Kier molecular flexibility index (Phi) is 8.17. The summed E-state index contributed by atoms with van der Waals surface area (Å²) in [5.74, 6) is 2.57. The highest BCUT2D eigenvalue weighted by Gasteiger charge is 2.02. The number of nitrogens with zero attached hydrogens (tertiary/aromatic N) is 1. The number of halogens is 1. The average molecular weight is 391 g/mol. The second kappa shape index (κ2) is 9.68. The summed E-state index contributed by atoms with van der Waals surface area (Å²) in [6, 6.07) is 7.65. The van der Waals surface area contributed by atoms with Crippen molar-refractivity contribution < 1.29 is 9.47 Å². The fourth-order valence-electron chi connectivity index (χ4n) is 1.81. The Labute approximate surface area is 137 Å². The normalized spacial score (nSPS) is 13.6. The van der Waals surface area contributed by atoms with Gasteiger partial charge in [-0.15, -0.1) is 24.0 Å². The first-order valence-electron chi connectivity index (χ1n) is 6.67. The van der Waals surface area contributed by atoms with Gasteiger partial charge in [-0.1, -0.05) is 6.07 Å². The molecule has 0 saturated heterocycles. The third kappa shape index (κ3) is 5.85. The number of hydrogen-bond acceptors (Lipinski definition) is 5. The lowest BCUT2D eigenvalue weighted by molar-refractivity contribution is 0.308. The maximum Gasteiger partial charge on any atom is 0.191 e. The molecular formula is C14H22IN3O2. The number of guanidine groups is 1. The van der Waals surface area contributed by atoms with Gasteiger partial charge in [0, 0.05) is 25.7 Å². The Balaban J connectivity index is 0.00000200. The second-order valence-electron chi connectivity index (χ2n) is 4.32. The highest BCUT2D eigenvalue weighted by Crippen LogP contribution is 2.18. The van der Waals surface area contributed by atoms with Crippen molar-refractivity contribution in [2.75, 3.05) is 33.4 Å². The Morgan fingerprint density at radius 2 is 2.20 bits per heavy atom. The molecule has 6 heteroatoms. The number of methoxy groups -OCH3 is 1. The van der Waals surface area contributed by atoms with Gasteiger partial charge >= 0.3 is 0 Å². The topological polar surface area (TPSA) is 54.9 Å². The summed E-state index contributed by atoms with van der Waals surface area (Å²) >= 11 is 0. The summed E-state index contributed by atoms with van der Waals surface area (Å²) in [4.78, 5) is 4.35. The van der Waals surface area contributed by atoms with Crippen LogP contribution in [-0.4, -0.2) is 39.3 Å². The first kappa shape index (κ1) is 16.9. The fraction of sp³-hybridized carbons (Fsp3) is 0.500. The molecule has 0 amide bonds. The highest BCUT2D eigenvalue weighted by molar-refractivity contribution is 14.0.